The van der Waals surface area contributed by atoms with Crippen LogP contribution in [0.3, 0.4) is 0 Å². The number of hydrogen-bond donors (Lipinski definition) is 0. The summed E-state index contributed by atoms with van der Waals surface area (Å²) < 4.78 is 17.0. The van der Waals surface area contributed by atoms with E-state index in [1.807, 2.05) is 24.3 Å². The van der Waals surface area contributed by atoms with Crippen molar-refractivity contribution in [2.45, 2.75) is 25.8 Å². The van der Waals surface area contributed by atoms with E-state index in [-0.39, 0.29) is 17.6 Å². The van der Waals surface area contributed by atoms with Crippen LogP contribution in [0.1, 0.15) is 24.8 Å². The van der Waals surface area contributed by atoms with Crippen LogP contribution in [-0.4, -0.2) is 19.8 Å². The van der Waals surface area contributed by atoms with Gasteiger partial charge in [0.05, 0.1) is 23.3 Å². The number of nitrogens with zero attached hydrogens (tertiary/aromatic N) is 1. The lowest BCUT2D eigenvalue weighted by atomic mass is 10.2. The van der Waals surface area contributed by atoms with Crippen molar-refractivity contribution in [2.75, 3.05) is 19.8 Å². The van der Waals surface area contributed by atoms with Gasteiger partial charge in [-0.15, -0.1) is 0 Å². The van der Waals surface area contributed by atoms with Crippen molar-refractivity contribution < 1.29 is 14.2 Å². The highest BCUT2D eigenvalue weighted by molar-refractivity contribution is 6.55. The minimum atomic E-state index is 0.127. The van der Waals surface area contributed by atoms with E-state index in [0.29, 0.717) is 34.8 Å². The molecule has 0 aliphatic carbocycles. The van der Waals surface area contributed by atoms with Gasteiger partial charge in [0.25, 0.3) is 0 Å². The van der Waals surface area contributed by atoms with E-state index >= 15 is 0 Å². The number of ether oxygens (including phenoxy) is 3. The first kappa shape index (κ1) is 24.6. The second-order valence-corrected chi connectivity index (χ2v) is 8.03. The predicted molar refractivity (Wildman–Crippen MR) is 123 cm³/mol. The number of hydrogen-bond acceptors (Lipinski definition) is 5. The van der Waals surface area contributed by atoms with Crippen LogP contribution in [0.4, 0.5) is 0 Å². The van der Waals surface area contributed by atoms with Gasteiger partial charge >= 0.3 is 0 Å². The molecule has 0 radical (unpaired) electrons. The topological polar surface area (TPSA) is 57.1 Å². The summed E-state index contributed by atoms with van der Waals surface area (Å²) in [6.45, 7) is 1.46. The van der Waals surface area contributed by atoms with Crippen LogP contribution in [0.2, 0.25) is 10.0 Å². The minimum absolute atomic E-state index is 0.127. The molecule has 0 saturated carbocycles. The second kappa shape index (κ2) is 13.6. The zero-order valence-electron chi connectivity index (χ0n) is 16.1. The molecule has 0 heterocycles. The van der Waals surface area contributed by atoms with Crippen molar-refractivity contribution in [3.05, 3.63) is 67.5 Å². The molecule has 0 fully saturated rings. The Morgan fingerprint density at radius 3 is 2.10 bits per heavy atom. The highest BCUT2D eigenvalue weighted by Crippen LogP contribution is 2.37. The van der Waals surface area contributed by atoms with Crippen LogP contribution in [0, 0.1) is 4.91 Å². The molecule has 2 rings (SSSR count). The fraction of sp³-hybridized carbons (Fsp3) is 0.333. The number of rotatable bonds is 13. The normalized spacial score (nSPS) is 10.4. The maximum atomic E-state index is 10.2. The van der Waals surface area contributed by atoms with Gasteiger partial charge in [-0.05, 0) is 43.0 Å². The van der Waals surface area contributed by atoms with E-state index in [0.717, 1.165) is 30.6 Å². The maximum Gasteiger partial charge on any atom is 0.156 e. The molecule has 0 bridgehead atoms. The van der Waals surface area contributed by atoms with Crippen molar-refractivity contribution in [3.8, 4) is 17.2 Å². The van der Waals surface area contributed by atoms with E-state index in [9.17, 15) is 4.91 Å². The second-order valence-electron chi connectivity index (χ2n) is 6.21. The highest BCUT2D eigenvalue weighted by Gasteiger charge is 2.10. The van der Waals surface area contributed by atoms with Gasteiger partial charge in [0.15, 0.2) is 5.75 Å². The zero-order chi connectivity index (χ0) is 21.8. The lowest BCUT2D eigenvalue weighted by Gasteiger charge is -2.12. The number of unbranched alkanes of at least 4 members (excludes halogenated alkanes) is 2. The SMILES string of the molecule is O=NCc1ccc(OCCCCCOc2c(Cl)cc(OCC=C(Cl)Cl)cc2Cl)cc1. The molecule has 0 aromatic heterocycles. The van der Waals surface area contributed by atoms with Crippen LogP contribution in [0.15, 0.2) is 52.1 Å². The Balaban J connectivity index is 1.66. The van der Waals surface area contributed by atoms with Crippen molar-refractivity contribution in [1.29, 1.82) is 0 Å². The fourth-order valence-corrected chi connectivity index (χ4v) is 3.17. The van der Waals surface area contributed by atoms with E-state index in [2.05, 4.69) is 5.18 Å². The lowest BCUT2D eigenvalue weighted by molar-refractivity contribution is 0.279. The Bertz CT molecular complexity index is 816. The molecule has 2 aromatic carbocycles. The molecule has 5 nitrogen and oxygen atoms in total. The zero-order valence-corrected chi connectivity index (χ0v) is 19.1. The summed E-state index contributed by atoms with van der Waals surface area (Å²) >= 11 is 23.5. The van der Waals surface area contributed by atoms with E-state index in [1.54, 1.807) is 12.1 Å². The Kier molecular flexibility index (Phi) is 11.2. The molecule has 0 N–H and O–H groups in total. The third-order valence-electron chi connectivity index (χ3n) is 3.93. The molecule has 162 valence electrons. The minimum Gasteiger partial charge on any atom is -0.494 e. The average Bonchev–Trinajstić information content (AvgIpc) is 2.70. The molecule has 0 aliphatic rings. The number of nitroso groups, excluding NO2 is 1. The van der Waals surface area contributed by atoms with Gasteiger partial charge in [0, 0.05) is 12.1 Å². The van der Waals surface area contributed by atoms with Gasteiger partial charge in [-0.3, -0.25) is 0 Å². The molecule has 0 aliphatic heterocycles. The summed E-state index contributed by atoms with van der Waals surface area (Å²) in [6.07, 6.45) is 4.15. The number of halogens is 4. The monoisotopic (exact) mass is 491 g/mol. The van der Waals surface area contributed by atoms with Gasteiger partial charge in [-0.1, -0.05) is 63.7 Å². The first-order valence-electron chi connectivity index (χ1n) is 9.26. The summed E-state index contributed by atoms with van der Waals surface area (Å²) in [5.74, 6) is 1.69. The van der Waals surface area contributed by atoms with Crippen LogP contribution in [0.5, 0.6) is 17.2 Å². The molecule has 30 heavy (non-hydrogen) atoms. The van der Waals surface area contributed by atoms with Crippen LogP contribution in [-0.2, 0) is 6.54 Å². The molecular weight excluding hydrogens is 472 g/mol. The van der Waals surface area contributed by atoms with Gasteiger partial charge in [-0.25, -0.2) is 0 Å². The predicted octanol–water partition coefficient (Wildman–Crippen LogP) is 7.59. The summed E-state index contributed by atoms with van der Waals surface area (Å²) in [5, 5.41) is 3.60. The van der Waals surface area contributed by atoms with E-state index in [4.69, 9.17) is 60.6 Å². The van der Waals surface area contributed by atoms with Gasteiger partial charge in [0.2, 0.25) is 0 Å². The third-order valence-corrected chi connectivity index (χ3v) is 4.80. The fourth-order valence-electron chi connectivity index (χ4n) is 2.47. The molecule has 0 amide bonds. The van der Waals surface area contributed by atoms with Crippen molar-refractivity contribution in [1.82, 2.24) is 0 Å². The molecular formula is C21H21Cl4NO4. The Morgan fingerprint density at radius 1 is 0.867 bits per heavy atom. The Hall–Kier alpha value is -1.66. The number of benzene rings is 2. The van der Waals surface area contributed by atoms with Gasteiger partial charge in [-0.2, -0.15) is 4.91 Å². The average molecular weight is 493 g/mol. The molecule has 9 heteroatoms. The summed E-state index contributed by atoms with van der Waals surface area (Å²) in [7, 11) is 0. The molecule has 0 spiro atoms. The van der Waals surface area contributed by atoms with E-state index < -0.39 is 0 Å². The molecule has 0 saturated heterocycles. The van der Waals surface area contributed by atoms with Crippen molar-refractivity contribution in [3.63, 3.8) is 0 Å². The molecule has 0 unspecified atom stereocenters. The highest BCUT2D eigenvalue weighted by atomic mass is 35.5. The lowest BCUT2D eigenvalue weighted by Crippen LogP contribution is -2.02. The summed E-state index contributed by atoms with van der Waals surface area (Å²) in [4.78, 5) is 10.2. The first-order valence-corrected chi connectivity index (χ1v) is 10.8. The van der Waals surface area contributed by atoms with Crippen molar-refractivity contribution in [2.24, 2.45) is 5.18 Å². The van der Waals surface area contributed by atoms with Gasteiger partial charge < -0.3 is 14.2 Å². The van der Waals surface area contributed by atoms with Crippen LogP contribution >= 0.6 is 46.4 Å². The van der Waals surface area contributed by atoms with E-state index in [1.165, 1.54) is 6.08 Å². The van der Waals surface area contributed by atoms with Gasteiger partial charge in [0.1, 0.15) is 29.1 Å². The first-order chi connectivity index (χ1) is 14.5. The van der Waals surface area contributed by atoms with Crippen molar-refractivity contribution >= 4 is 46.4 Å². The Morgan fingerprint density at radius 2 is 1.50 bits per heavy atom. The van der Waals surface area contributed by atoms with Crippen LogP contribution < -0.4 is 14.2 Å². The molecule has 2 aromatic rings. The Labute approximate surface area is 195 Å². The summed E-state index contributed by atoms with van der Waals surface area (Å²) in [5.41, 5.74) is 0.864. The maximum absolute atomic E-state index is 10.2. The quantitative estimate of drug-likeness (QED) is 0.213. The third kappa shape index (κ3) is 9.00. The van der Waals surface area contributed by atoms with Crippen LogP contribution in [0.25, 0.3) is 0 Å². The summed E-state index contributed by atoms with van der Waals surface area (Å²) in [6, 6.07) is 10.6. The molecule has 0 atom stereocenters. The largest absolute Gasteiger partial charge is 0.494 e. The standard InChI is InChI=1S/C21H21Cl4NO4/c22-18-12-17(29-11-8-20(24)25)13-19(23)21(18)30-10-3-1-2-9-28-16-6-4-15(5-7-16)14-26-27/h4-8,12-13H,1-3,9-11,14H2. The smallest absolute Gasteiger partial charge is 0.156 e.